The second-order valence-corrected chi connectivity index (χ2v) is 16.4. The average Bonchev–Trinajstić information content (AvgIpc) is 4.03. The summed E-state index contributed by atoms with van der Waals surface area (Å²) in [6, 6.07) is 33.8. The standard InChI is InChI=1S/C29H27N7O2.C19H14N8/c1-5-22-21-10-9-20(16-26(21)36(33-22)28(37)38-29(2,3)4)24-12-13-25-27(31-24)35(34-32-25)17-18-8-11-23-19(15-18)7-6-14-30-23;20-19-22-9-14(10-23-19)16-5-6-17-18(24-16)27(26-25-17)11-12-3-4-15-13(8-12)2-1-7-21-15/h6-16H,5,17H2,1-4H3;1-10H,11H2,(H2,20,22,23). The van der Waals surface area contributed by atoms with E-state index >= 15 is 0 Å². The van der Waals surface area contributed by atoms with E-state index in [-0.39, 0.29) is 5.95 Å². The number of nitrogens with zero attached hydrogens (tertiary/aromatic N) is 14. The van der Waals surface area contributed by atoms with E-state index in [2.05, 4.69) is 57.8 Å². The zero-order valence-electron chi connectivity index (χ0n) is 35.9. The van der Waals surface area contributed by atoms with Crippen LogP contribution < -0.4 is 5.73 Å². The minimum Gasteiger partial charge on any atom is -0.442 e. The van der Waals surface area contributed by atoms with E-state index in [1.165, 1.54) is 4.68 Å². The number of fused-ring (bicyclic) bond motifs is 5. The number of carbonyl (C=O) groups excluding carboxylic acids is 1. The van der Waals surface area contributed by atoms with Crippen molar-refractivity contribution in [2.24, 2.45) is 0 Å². The number of pyridine rings is 4. The topological polar surface area (TPSA) is 209 Å². The highest BCUT2D eigenvalue weighted by atomic mass is 16.6. The fourth-order valence-corrected chi connectivity index (χ4v) is 7.55. The zero-order valence-corrected chi connectivity index (χ0v) is 35.9. The van der Waals surface area contributed by atoms with Gasteiger partial charge in [0.25, 0.3) is 0 Å². The number of nitrogens with two attached hydrogens (primary N) is 1. The largest absolute Gasteiger partial charge is 0.442 e. The summed E-state index contributed by atoms with van der Waals surface area (Å²) in [5, 5.41) is 24.8. The average molecular weight is 860 g/mol. The Hall–Kier alpha value is -8.60. The van der Waals surface area contributed by atoms with Crippen molar-refractivity contribution in [2.75, 3.05) is 5.73 Å². The maximum atomic E-state index is 12.9. The number of carbonyl (C=O) groups is 1. The molecule has 3 aromatic carbocycles. The van der Waals surface area contributed by atoms with Crippen LogP contribution in [0.25, 0.3) is 77.6 Å². The molecule has 2 N–H and O–H groups in total. The Labute approximate surface area is 371 Å². The molecule has 0 aliphatic rings. The summed E-state index contributed by atoms with van der Waals surface area (Å²) >= 11 is 0. The minimum atomic E-state index is -0.626. The van der Waals surface area contributed by atoms with Gasteiger partial charge in [-0.1, -0.05) is 53.7 Å². The van der Waals surface area contributed by atoms with E-state index in [1.807, 2.05) is 119 Å². The highest BCUT2D eigenvalue weighted by molar-refractivity contribution is 5.93. The first-order valence-electron chi connectivity index (χ1n) is 21.0. The van der Waals surface area contributed by atoms with Gasteiger partial charge in [-0.25, -0.2) is 34.1 Å². The first-order valence-corrected chi connectivity index (χ1v) is 21.0. The third kappa shape index (κ3) is 8.37. The second kappa shape index (κ2) is 16.6. The van der Waals surface area contributed by atoms with E-state index in [0.717, 1.165) is 72.0 Å². The smallest absolute Gasteiger partial charge is 0.435 e. The van der Waals surface area contributed by atoms with Gasteiger partial charge < -0.3 is 10.5 Å². The molecule has 0 aliphatic carbocycles. The van der Waals surface area contributed by atoms with E-state index in [4.69, 9.17) is 20.4 Å². The lowest BCUT2D eigenvalue weighted by atomic mass is 10.1. The number of aryl methyl sites for hydroxylation is 1. The molecule has 0 saturated heterocycles. The van der Waals surface area contributed by atoms with Crippen LogP contribution in [0.3, 0.4) is 0 Å². The zero-order chi connectivity index (χ0) is 44.7. The van der Waals surface area contributed by atoms with Crippen molar-refractivity contribution >= 4 is 67.1 Å². The third-order valence-corrected chi connectivity index (χ3v) is 10.6. The number of aromatic nitrogens is 14. The SMILES string of the molecule is CCc1nn(C(=O)OC(C)(C)C)c2cc(-c3ccc4nnn(Cc5ccc6ncccc6c5)c4n3)ccc12.Nc1ncc(-c2ccc3nnn(Cc4ccc5ncccc5c4)c3n2)cn1. The van der Waals surface area contributed by atoms with Gasteiger partial charge in [0.2, 0.25) is 5.95 Å². The molecule has 0 spiro atoms. The molecule has 17 heteroatoms. The predicted molar refractivity (Wildman–Crippen MR) is 248 cm³/mol. The van der Waals surface area contributed by atoms with Gasteiger partial charge in [-0.15, -0.1) is 10.2 Å². The monoisotopic (exact) mass is 859 g/mol. The van der Waals surface area contributed by atoms with Crippen molar-refractivity contribution in [1.29, 1.82) is 0 Å². The number of ether oxygens (including phenoxy) is 1. The van der Waals surface area contributed by atoms with Gasteiger partial charge in [-0.2, -0.15) is 9.78 Å². The molecule has 8 aromatic heterocycles. The number of hydrogen-bond donors (Lipinski definition) is 1. The van der Waals surface area contributed by atoms with Crippen LogP contribution in [0.5, 0.6) is 0 Å². The lowest BCUT2D eigenvalue weighted by molar-refractivity contribution is 0.0522. The normalized spacial score (nSPS) is 11.7. The summed E-state index contributed by atoms with van der Waals surface area (Å²) in [5.41, 5.74) is 16.5. The van der Waals surface area contributed by atoms with E-state index in [0.29, 0.717) is 41.8 Å². The van der Waals surface area contributed by atoms with Crippen LogP contribution in [0, 0.1) is 0 Å². The van der Waals surface area contributed by atoms with Crippen LogP contribution in [-0.2, 0) is 24.2 Å². The summed E-state index contributed by atoms with van der Waals surface area (Å²) in [6.07, 6.45) is 7.09. The molecule has 11 aromatic rings. The molecule has 0 atom stereocenters. The summed E-state index contributed by atoms with van der Waals surface area (Å²) in [7, 11) is 0. The maximum Gasteiger partial charge on any atom is 0.435 e. The molecule has 0 radical (unpaired) electrons. The van der Waals surface area contributed by atoms with Crippen molar-refractivity contribution in [3.63, 3.8) is 0 Å². The van der Waals surface area contributed by atoms with Gasteiger partial charge in [0, 0.05) is 52.1 Å². The summed E-state index contributed by atoms with van der Waals surface area (Å²) in [5.74, 6) is 0.234. The molecule has 0 saturated carbocycles. The summed E-state index contributed by atoms with van der Waals surface area (Å²) < 4.78 is 10.5. The van der Waals surface area contributed by atoms with Gasteiger partial charge >= 0.3 is 6.09 Å². The Balaban J connectivity index is 0.000000162. The van der Waals surface area contributed by atoms with Crippen LogP contribution in [0.1, 0.15) is 44.5 Å². The molecule has 11 rings (SSSR count). The molecular formula is C48H41N15O2. The molecule has 0 amide bonds. The molecular weight excluding hydrogens is 819 g/mol. The number of benzene rings is 3. The van der Waals surface area contributed by atoms with Crippen molar-refractivity contribution in [3.8, 4) is 22.5 Å². The molecule has 65 heavy (non-hydrogen) atoms. The first kappa shape index (κ1) is 40.5. The van der Waals surface area contributed by atoms with Gasteiger partial charge in [0.15, 0.2) is 11.3 Å². The lowest BCUT2D eigenvalue weighted by Gasteiger charge is -2.19. The number of rotatable bonds is 7. The number of nitrogen functional groups attached to an aromatic ring is 1. The molecule has 0 bridgehead atoms. The molecule has 0 unspecified atom stereocenters. The Kier molecular flexibility index (Phi) is 10.3. The number of anilines is 1. The third-order valence-electron chi connectivity index (χ3n) is 10.6. The van der Waals surface area contributed by atoms with Crippen molar-refractivity contribution in [3.05, 3.63) is 145 Å². The van der Waals surface area contributed by atoms with Crippen molar-refractivity contribution in [2.45, 2.75) is 52.8 Å². The second-order valence-electron chi connectivity index (χ2n) is 16.4. The maximum absolute atomic E-state index is 12.9. The molecule has 17 nitrogen and oxygen atoms in total. The van der Waals surface area contributed by atoms with Crippen LogP contribution in [0.4, 0.5) is 10.7 Å². The van der Waals surface area contributed by atoms with E-state index < -0.39 is 11.7 Å². The van der Waals surface area contributed by atoms with Crippen molar-refractivity contribution < 1.29 is 9.53 Å². The molecule has 320 valence electrons. The molecule has 0 aliphatic heterocycles. The van der Waals surface area contributed by atoms with E-state index in [9.17, 15) is 4.79 Å². The fourth-order valence-electron chi connectivity index (χ4n) is 7.55. The first-order chi connectivity index (χ1) is 31.5. The van der Waals surface area contributed by atoms with Crippen LogP contribution in [-0.4, -0.2) is 81.4 Å². The quantitative estimate of drug-likeness (QED) is 0.160. The highest BCUT2D eigenvalue weighted by Crippen LogP contribution is 2.28. The molecule has 8 heterocycles. The van der Waals surface area contributed by atoms with Gasteiger partial charge in [-0.05, 0) is 105 Å². The Morgan fingerprint density at radius 1 is 0.646 bits per heavy atom. The summed E-state index contributed by atoms with van der Waals surface area (Å²) in [4.78, 5) is 39.3. The Morgan fingerprint density at radius 2 is 1.20 bits per heavy atom. The van der Waals surface area contributed by atoms with E-state index in [1.54, 1.807) is 34.2 Å². The van der Waals surface area contributed by atoms with Gasteiger partial charge in [0.1, 0.15) is 16.6 Å². The van der Waals surface area contributed by atoms with Gasteiger partial charge in [0.05, 0.1) is 46.7 Å². The van der Waals surface area contributed by atoms with Crippen LogP contribution in [0.2, 0.25) is 0 Å². The van der Waals surface area contributed by atoms with Gasteiger partial charge in [-0.3, -0.25) is 9.97 Å². The predicted octanol–water partition coefficient (Wildman–Crippen LogP) is 8.25. The number of hydrogen-bond acceptors (Lipinski definition) is 14. The molecule has 0 fully saturated rings. The summed E-state index contributed by atoms with van der Waals surface area (Å²) in [6.45, 7) is 8.64. The fraction of sp³-hybridized carbons (Fsp3) is 0.167. The Bertz CT molecular complexity index is 3550. The lowest BCUT2D eigenvalue weighted by Crippen LogP contribution is -2.27. The minimum absolute atomic E-state index is 0.234. The highest BCUT2D eigenvalue weighted by Gasteiger charge is 2.23. The van der Waals surface area contributed by atoms with Crippen LogP contribution >= 0.6 is 0 Å². The Morgan fingerprint density at radius 3 is 1.75 bits per heavy atom. The van der Waals surface area contributed by atoms with Crippen LogP contribution in [0.15, 0.2) is 128 Å². The van der Waals surface area contributed by atoms with Crippen molar-refractivity contribution in [1.82, 2.24) is 69.7 Å².